The second-order valence-corrected chi connectivity index (χ2v) is 9.01. The SMILES string of the molecule is CC(C)(C)NC(=O)OCc1ccc(Nc2nc(Cl)ncc2[N+](=O)[O-])cc1.O=[N+]([O-])c1cnc(Cl)nc1Cl. The topological polar surface area (TPSA) is 188 Å². The van der Waals surface area contributed by atoms with Crippen molar-refractivity contribution in [2.45, 2.75) is 32.9 Å². The molecule has 14 nitrogen and oxygen atoms in total. The average molecular weight is 574 g/mol. The summed E-state index contributed by atoms with van der Waals surface area (Å²) in [5.74, 6) is -0.0106. The highest BCUT2D eigenvalue weighted by Crippen LogP contribution is 2.26. The van der Waals surface area contributed by atoms with E-state index in [1.54, 1.807) is 24.3 Å². The van der Waals surface area contributed by atoms with Gasteiger partial charge in [-0.15, -0.1) is 0 Å². The third-order valence-corrected chi connectivity index (χ3v) is 4.53. The summed E-state index contributed by atoms with van der Waals surface area (Å²) in [5.41, 5.74) is 0.301. The van der Waals surface area contributed by atoms with Gasteiger partial charge in [-0.05, 0) is 61.7 Å². The molecule has 0 aliphatic carbocycles. The standard InChI is InChI=1S/C16H18ClN5O4.C4HCl2N3O2/c1-16(2,3)21-15(23)26-9-10-4-6-11(7-5-10)19-13-12(22(24)25)8-18-14(17)20-13;5-3-2(9(10)11)1-7-4(6)8-3/h4-8H,9H2,1-3H3,(H,21,23)(H,18,19,20);1H. The van der Waals surface area contributed by atoms with Gasteiger partial charge < -0.3 is 15.4 Å². The van der Waals surface area contributed by atoms with Gasteiger partial charge in [0.25, 0.3) is 0 Å². The van der Waals surface area contributed by atoms with Crippen molar-refractivity contribution in [1.82, 2.24) is 25.3 Å². The van der Waals surface area contributed by atoms with Crippen molar-refractivity contribution < 1.29 is 19.4 Å². The quantitative estimate of drug-likeness (QED) is 0.164. The van der Waals surface area contributed by atoms with Gasteiger partial charge in [0.15, 0.2) is 0 Å². The number of alkyl carbamates (subject to hydrolysis) is 1. The fourth-order valence-corrected chi connectivity index (χ4v) is 2.86. The lowest BCUT2D eigenvalue weighted by Crippen LogP contribution is -2.40. The fourth-order valence-electron chi connectivity index (χ4n) is 2.35. The Balaban J connectivity index is 0.000000364. The number of carbonyl (C=O) groups excluding carboxylic acids is 1. The molecule has 0 spiro atoms. The number of hydrogen-bond donors (Lipinski definition) is 2. The third kappa shape index (κ3) is 9.95. The number of nitrogens with one attached hydrogen (secondary N) is 2. The zero-order chi connectivity index (χ0) is 27.8. The average Bonchev–Trinajstić information content (AvgIpc) is 2.77. The number of nitro groups is 2. The van der Waals surface area contributed by atoms with Gasteiger partial charge >= 0.3 is 17.5 Å². The van der Waals surface area contributed by atoms with Gasteiger partial charge in [-0.25, -0.2) is 14.8 Å². The van der Waals surface area contributed by atoms with E-state index < -0.39 is 15.9 Å². The zero-order valence-electron chi connectivity index (χ0n) is 19.4. The number of ether oxygens (including phenoxy) is 1. The maximum atomic E-state index is 11.6. The normalized spacial score (nSPS) is 10.5. The van der Waals surface area contributed by atoms with Crippen LogP contribution in [0.15, 0.2) is 36.7 Å². The van der Waals surface area contributed by atoms with Crippen LogP contribution >= 0.6 is 34.8 Å². The molecule has 0 aliphatic rings. The molecule has 0 atom stereocenters. The van der Waals surface area contributed by atoms with E-state index in [2.05, 4.69) is 30.6 Å². The van der Waals surface area contributed by atoms with Gasteiger partial charge in [0.2, 0.25) is 21.5 Å². The van der Waals surface area contributed by atoms with Crippen LogP contribution in [0.1, 0.15) is 26.3 Å². The molecule has 0 fully saturated rings. The largest absolute Gasteiger partial charge is 0.445 e. The Morgan fingerprint density at radius 3 is 2.00 bits per heavy atom. The van der Waals surface area contributed by atoms with Crippen molar-refractivity contribution in [3.8, 4) is 0 Å². The first kappa shape index (κ1) is 29.4. The molecule has 3 rings (SSSR count). The number of halogens is 3. The number of anilines is 2. The molecule has 0 saturated carbocycles. The Hall–Kier alpha value is -3.88. The highest BCUT2D eigenvalue weighted by atomic mass is 35.5. The molecule has 2 N–H and O–H groups in total. The maximum Gasteiger partial charge on any atom is 0.407 e. The summed E-state index contributed by atoms with van der Waals surface area (Å²) in [6.07, 6.45) is 1.48. The predicted octanol–water partition coefficient (Wildman–Crippen LogP) is 5.50. The Labute approximate surface area is 224 Å². The van der Waals surface area contributed by atoms with Crippen molar-refractivity contribution >= 4 is 63.8 Å². The van der Waals surface area contributed by atoms with Crippen LogP contribution in [0, 0.1) is 20.2 Å². The van der Waals surface area contributed by atoms with E-state index in [1.165, 1.54) is 0 Å². The van der Waals surface area contributed by atoms with Gasteiger partial charge in [-0.2, -0.15) is 9.97 Å². The van der Waals surface area contributed by atoms with Gasteiger partial charge in [-0.3, -0.25) is 20.2 Å². The van der Waals surface area contributed by atoms with Crippen LogP contribution in [0.3, 0.4) is 0 Å². The lowest BCUT2D eigenvalue weighted by molar-refractivity contribution is -0.385. The molecule has 1 aromatic carbocycles. The van der Waals surface area contributed by atoms with E-state index in [0.717, 1.165) is 18.0 Å². The molecule has 1 amide bonds. The molecule has 2 heterocycles. The Morgan fingerprint density at radius 1 is 0.946 bits per heavy atom. The number of nitrogens with zero attached hydrogens (tertiary/aromatic N) is 6. The zero-order valence-corrected chi connectivity index (χ0v) is 21.7. The van der Waals surface area contributed by atoms with Gasteiger partial charge in [0, 0.05) is 11.2 Å². The molecule has 196 valence electrons. The number of hydrogen-bond acceptors (Lipinski definition) is 11. The van der Waals surface area contributed by atoms with Crippen molar-refractivity contribution in [2.24, 2.45) is 0 Å². The Kier molecular flexibility index (Phi) is 10.2. The lowest BCUT2D eigenvalue weighted by atomic mass is 10.1. The first-order valence-electron chi connectivity index (χ1n) is 10.1. The summed E-state index contributed by atoms with van der Waals surface area (Å²) in [4.78, 5) is 45.7. The summed E-state index contributed by atoms with van der Waals surface area (Å²) in [6.45, 7) is 5.66. The molecule has 17 heteroatoms. The third-order valence-electron chi connectivity index (χ3n) is 3.89. The van der Waals surface area contributed by atoms with Crippen molar-refractivity contribution in [2.75, 3.05) is 5.32 Å². The molecule has 0 radical (unpaired) electrons. The maximum absolute atomic E-state index is 11.6. The highest BCUT2D eigenvalue weighted by molar-refractivity contribution is 6.33. The van der Waals surface area contributed by atoms with Crippen LogP contribution in [-0.2, 0) is 11.3 Å². The summed E-state index contributed by atoms with van der Waals surface area (Å²) >= 11 is 16.3. The van der Waals surface area contributed by atoms with Crippen LogP contribution in [0.2, 0.25) is 15.7 Å². The van der Waals surface area contributed by atoms with Crippen LogP contribution < -0.4 is 10.6 Å². The van der Waals surface area contributed by atoms with E-state index in [0.29, 0.717) is 5.69 Å². The Morgan fingerprint density at radius 2 is 1.49 bits per heavy atom. The molecule has 0 unspecified atom stereocenters. The summed E-state index contributed by atoms with van der Waals surface area (Å²) in [7, 11) is 0. The predicted molar refractivity (Wildman–Crippen MR) is 135 cm³/mol. The molecule has 2 aromatic heterocycles. The second kappa shape index (κ2) is 12.9. The van der Waals surface area contributed by atoms with Crippen LogP contribution in [0.4, 0.5) is 27.7 Å². The molecule has 3 aromatic rings. The summed E-state index contributed by atoms with van der Waals surface area (Å²) in [5, 5.41) is 26.2. The molecule has 0 saturated heterocycles. The minimum Gasteiger partial charge on any atom is -0.445 e. The number of amides is 1. The first-order valence-corrected chi connectivity index (χ1v) is 11.2. The number of benzene rings is 1. The number of aromatic nitrogens is 4. The van der Waals surface area contributed by atoms with E-state index in [-0.39, 0.29) is 45.1 Å². The Bertz CT molecular complexity index is 1290. The lowest BCUT2D eigenvalue weighted by Gasteiger charge is -2.19. The molecule has 37 heavy (non-hydrogen) atoms. The minimum absolute atomic E-state index is 0.0106. The van der Waals surface area contributed by atoms with Gasteiger partial charge in [0.1, 0.15) is 19.0 Å². The van der Waals surface area contributed by atoms with E-state index in [1.807, 2.05) is 20.8 Å². The summed E-state index contributed by atoms with van der Waals surface area (Å²) in [6, 6.07) is 6.81. The summed E-state index contributed by atoms with van der Waals surface area (Å²) < 4.78 is 5.13. The first-order chi connectivity index (χ1) is 17.2. The monoisotopic (exact) mass is 572 g/mol. The van der Waals surface area contributed by atoms with E-state index >= 15 is 0 Å². The number of carbonyl (C=O) groups is 1. The van der Waals surface area contributed by atoms with Crippen LogP contribution in [0.5, 0.6) is 0 Å². The smallest absolute Gasteiger partial charge is 0.407 e. The molecular formula is C20H19Cl3N8O6. The van der Waals surface area contributed by atoms with Gasteiger partial charge in [0.05, 0.1) is 9.85 Å². The van der Waals surface area contributed by atoms with E-state index in [4.69, 9.17) is 39.5 Å². The van der Waals surface area contributed by atoms with Crippen LogP contribution in [0.25, 0.3) is 0 Å². The fraction of sp³-hybridized carbons (Fsp3) is 0.250. The van der Waals surface area contributed by atoms with Crippen molar-refractivity contribution in [1.29, 1.82) is 0 Å². The van der Waals surface area contributed by atoms with E-state index in [9.17, 15) is 25.0 Å². The number of rotatable bonds is 6. The van der Waals surface area contributed by atoms with Crippen LogP contribution in [-0.4, -0.2) is 41.4 Å². The molecule has 0 aliphatic heterocycles. The highest BCUT2D eigenvalue weighted by Gasteiger charge is 2.18. The molecular weight excluding hydrogens is 555 g/mol. The van der Waals surface area contributed by atoms with Crippen molar-refractivity contribution in [3.05, 3.63) is 78.2 Å². The molecule has 0 bridgehead atoms. The minimum atomic E-state index is -0.682. The van der Waals surface area contributed by atoms with Crippen molar-refractivity contribution in [3.63, 3.8) is 0 Å². The second-order valence-electron chi connectivity index (χ2n) is 7.98. The van der Waals surface area contributed by atoms with Gasteiger partial charge in [-0.1, -0.05) is 23.7 Å².